The van der Waals surface area contributed by atoms with Gasteiger partial charge in [-0.25, -0.2) is 4.98 Å². The predicted octanol–water partition coefficient (Wildman–Crippen LogP) is 3.63. The zero-order valence-corrected chi connectivity index (χ0v) is 14.2. The van der Waals surface area contributed by atoms with Crippen LogP contribution in [0.25, 0.3) is 0 Å². The summed E-state index contributed by atoms with van der Waals surface area (Å²) in [6.07, 6.45) is 2.60. The van der Waals surface area contributed by atoms with E-state index in [9.17, 15) is 4.79 Å². The summed E-state index contributed by atoms with van der Waals surface area (Å²) in [5.41, 5.74) is 1.07. The number of para-hydroxylation sites is 1. The third kappa shape index (κ3) is 4.32. The molecule has 3 rings (SSSR count). The van der Waals surface area contributed by atoms with Gasteiger partial charge in [-0.1, -0.05) is 18.2 Å². The Morgan fingerprint density at radius 1 is 1.39 bits per heavy atom. The molecular formula is C18H22N2O2S. The summed E-state index contributed by atoms with van der Waals surface area (Å²) in [7, 11) is 0. The van der Waals surface area contributed by atoms with Gasteiger partial charge in [0.2, 0.25) is 5.91 Å². The number of aromatic nitrogens is 1. The van der Waals surface area contributed by atoms with Gasteiger partial charge < -0.3 is 9.64 Å². The highest BCUT2D eigenvalue weighted by molar-refractivity contribution is 7.09. The second-order valence-electron chi connectivity index (χ2n) is 5.92. The third-order valence-electron chi connectivity index (χ3n) is 4.09. The Bertz CT molecular complexity index is 641. The van der Waals surface area contributed by atoms with Crippen LogP contribution in [0.4, 0.5) is 0 Å². The first-order chi connectivity index (χ1) is 11.2. The fourth-order valence-corrected chi connectivity index (χ4v) is 3.82. The van der Waals surface area contributed by atoms with Gasteiger partial charge in [0, 0.05) is 30.1 Å². The highest BCUT2D eigenvalue weighted by Crippen LogP contribution is 2.29. The van der Waals surface area contributed by atoms with Crippen molar-refractivity contribution in [3.8, 4) is 5.75 Å². The number of nitrogens with zero attached hydrogens (tertiary/aromatic N) is 2. The van der Waals surface area contributed by atoms with Gasteiger partial charge in [0.05, 0.1) is 18.0 Å². The minimum absolute atomic E-state index is 0.180. The molecule has 5 heteroatoms. The molecule has 1 aromatic carbocycles. The largest absolute Gasteiger partial charge is 0.493 e. The fourth-order valence-electron chi connectivity index (χ4n) is 2.90. The number of amides is 1. The van der Waals surface area contributed by atoms with Crippen molar-refractivity contribution < 1.29 is 9.53 Å². The first kappa shape index (κ1) is 16.0. The highest BCUT2D eigenvalue weighted by atomic mass is 32.1. The average molecular weight is 330 g/mol. The summed E-state index contributed by atoms with van der Waals surface area (Å²) in [6.45, 7) is 4.09. The quantitative estimate of drug-likeness (QED) is 0.841. The second kappa shape index (κ2) is 7.59. The molecule has 0 bridgehead atoms. The topological polar surface area (TPSA) is 42.4 Å². The molecule has 1 aliphatic rings. The number of piperidine rings is 1. The van der Waals surface area contributed by atoms with Gasteiger partial charge >= 0.3 is 0 Å². The minimum atomic E-state index is 0.180. The Morgan fingerprint density at radius 3 is 2.96 bits per heavy atom. The lowest BCUT2D eigenvalue weighted by atomic mass is 9.98. The number of thiazole rings is 1. The fraction of sp³-hybridized carbons (Fsp3) is 0.444. The second-order valence-corrected chi connectivity index (χ2v) is 6.81. The number of carbonyl (C=O) groups is 1. The van der Waals surface area contributed by atoms with E-state index in [1.165, 1.54) is 5.01 Å². The van der Waals surface area contributed by atoms with Gasteiger partial charge in [0.1, 0.15) is 5.75 Å². The molecule has 122 valence electrons. The Morgan fingerprint density at radius 2 is 2.22 bits per heavy atom. The summed E-state index contributed by atoms with van der Waals surface area (Å²) in [6, 6.07) is 9.63. The lowest BCUT2D eigenvalue weighted by molar-refractivity contribution is -0.132. The summed E-state index contributed by atoms with van der Waals surface area (Å²) in [5.74, 6) is 1.38. The molecule has 0 spiro atoms. The van der Waals surface area contributed by atoms with Gasteiger partial charge in [-0.3, -0.25) is 4.79 Å². The van der Waals surface area contributed by atoms with Crippen molar-refractivity contribution >= 4 is 17.2 Å². The van der Waals surface area contributed by atoms with Crippen molar-refractivity contribution in [2.75, 3.05) is 19.7 Å². The normalized spacial score (nSPS) is 18.0. The molecule has 4 nitrogen and oxygen atoms in total. The zero-order valence-electron chi connectivity index (χ0n) is 13.4. The van der Waals surface area contributed by atoms with Crippen LogP contribution in [0.15, 0.2) is 35.7 Å². The number of carbonyl (C=O) groups excluding carboxylic acids is 1. The van der Waals surface area contributed by atoms with Crippen LogP contribution >= 0.6 is 11.3 Å². The lowest BCUT2D eigenvalue weighted by Crippen LogP contribution is -2.39. The number of aryl methyl sites for hydroxylation is 1. The Kier molecular flexibility index (Phi) is 5.28. The third-order valence-corrected chi connectivity index (χ3v) is 5.21. The van der Waals surface area contributed by atoms with E-state index in [1.54, 1.807) is 11.3 Å². The van der Waals surface area contributed by atoms with Crippen molar-refractivity contribution in [1.29, 1.82) is 0 Å². The SMILES string of the molecule is Cc1csc(C2CCCN(C(=O)CCOc3ccccc3)C2)n1. The molecule has 1 amide bonds. The van der Waals surface area contributed by atoms with Crippen LogP contribution < -0.4 is 4.74 Å². The smallest absolute Gasteiger partial charge is 0.226 e. The number of hydrogen-bond acceptors (Lipinski definition) is 4. The molecule has 0 radical (unpaired) electrons. The number of ether oxygens (including phenoxy) is 1. The van der Waals surface area contributed by atoms with Crippen molar-refractivity contribution in [2.45, 2.75) is 32.1 Å². The average Bonchev–Trinajstić information content (AvgIpc) is 3.02. The van der Waals surface area contributed by atoms with Crippen LogP contribution in [0, 0.1) is 6.92 Å². The van der Waals surface area contributed by atoms with Crippen LogP contribution in [0.5, 0.6) is 5.75 Å². The van der Waals surface area contributed by atoms with Crippen LogP contribution in [-0.2, 0) is 4.79 Å². The number of rotatable bonds is 5. The first-order valence-corrected chi connectivity index (χ1v) is 8.98. The van der Waals surface area contributed by atoms with E-state index in [4.69, 9.17) is 4.74 Å². The van der Waals surface area contributed by atoms with Crippen molar-refractivity contribution in [1.82, 2.24) is 9.88 Å². The van der Waals surface area contributed by atoms with Gasteiger partial charge in [0.15, 0.2) is 0 Å². The molecular weight excluding hydrogens is 308 g/mol. The van der Waals surface area contributed by atoms with Crippen LogP contribution in [-0.4, -0.2) is 35.5 Å². The summed E-state index contributed by atoms with van der Waals surface area (Å²) < 4.78 is 5.62. The van der Waals surface area contributed by atoms with Gasteiger partial charge in [-0.15, -0.1) is 11.3 Å². The van der Waals surface area contributed by atoms with Crippen molar-refractivity contribution in [3.63, 3.8) is 0 Å². The molecule has 2 heterocycles. The van der Waals surface area contributed by atoms with E-state index in [0.717, 1.165) is 37.4 Å². The molecule has 1 aliphatic heterocycles. The highest BCUT2D eigenvalue weighted by Gasteiger charge is 2.26. The maximum atomic E-state index is 12.4. The maximum Gasteiger partial charge on any atom is 0.226 e. The molecule has 1 saturated heterocycles. The van der Waals surface area contributed by atoms with Crippen LogP contribution in [0.3, 0.4) is 0 Å². The van der Waals surface area contributed by atoms with Gasteiger partial charge in [-0.2, -0.15) is 0 Å². The van der Waals surface area contributed by atoms with E-state index in [-0.39, 0.29) is 5.91 Å². The first-order valence-electron chi connectivity index (χ1n) is 8.10. The molecule has 1 unspecified atom stereocenters. The van der Waals surface area contributed by atoms with E-state index in [2.05, 4.69) is 10.4 Å². The predicted molar refractivity (Wildman–Crippen MR) is 92.0 cm³/mol. The number of benzene rings is 1. The molecule has 23 heavy (non-hydrogen) atoms. The standard InChI is InChI=1S/C18H22N2O2S/c1-14-13-23-18(19-14)15-6-5-10-20(12-15)17(21)9-11-22-16-7-3-2-4-8-16/h2-4,7-8,13,15H,5-6,9-12H2,1H3. The molecule has 0 N–H and O–H groups in total. The van der Waals surface area contributed by atoms with Crippen LogP contribution in [0.2, 0.25) is 0 Å². The Labute approximate surface area is 141 Å². The Hall–Kier alpha value is -1.88. The lowest BCUT2D eigenvalue weighted by Gasteiger charge is -2.32. The molecule has 0 aliphatic carbocycles. The molecule has 1 atom stereocenters. The summed E-state index contributed by atoms with van der Waals surface area (Å²) in [4.78, 5) is 19.0. The van der Waals surface area contributed by atoms with Gasteiger partial charge in [0.25, 0.3) is 0 Å². The molecule has 1 fully saturated rings. The van der Waals surface area contributed by atoms with Crippen molar-refractivity contribution in [2.24, 2.45) is 0 Å². The summed E-state index contributed by atoms with van der Waals surface area (Å²) in [5, 5.41) is 3.25. The maximum absolute atomic E-state index is 12.4. The van der Waals surface area contributed by atoms with E-state index >= 15 is 0 Å². The molecule has 2 aromatic rings. The zero-order chi connectivity index (χ0) is 16.1. The number of hydrogen-bond donors (Lipinski definition) is 0. The summed E-state index contributed by atoms with van der Waals surface area (Å²) >= 11 is 1.71. The van der Waals surface area contributed by atoms with E-state index in [0.29, 0.717) is 18.9 Å². The molecule has 0 saturated carbocycles. The molecule has 1 aromatic heterocycles. The Balaban J connectivity index is 1.49. The number of likely N-dealkylation sites (tertiary alicyclic amines) is 1. The van der Waals surface area contributed by atoms with E-state index < -0.39 is 0 Å². The van der Waals surface area contributed by atoms with Crippen LogP contribution in [0.1, 0.15) is 35.9 Å². The monoisotopic (exact) mass is 330 g/mol. The van der Waals surface area contributed by atoms with Gasteiger partial charge in [-0.05, 0) is 31.9 Å². The minimum Gasteiger partial charge on any atom is -0.493 e. The van der Waals surface area contributed by atoms with E-state index in [1.807, 2.05) is 42.2 Å². The van der Waals surface area contributed by atoms with Crippen molar-refractivity contribution in [3.05, 3.63) is 46.4 Å².